The fourth-order valence-electron chi connectivity index (χ4n) is 1.96. The normalized spacial score (nSPS) is 17.1. The van der Waals surface area contributed by atoms with Crippen LogP contribution in [0, 0.1) is 6.92 Å². The molecule has 0 aromatic heterocycles. The zero-order valence-corrected chi connectivity index (χ0v) is 10.7. The predicted molar refractivity (Wildman–Crippen MR) is 67.5 cm³/mol. The summed E-state index contributed by atoms with van der Waals surface area (Å²) >= 11 is 5.50. The van der Waals surface area contributed by atoms with E-state index in [0.717, 1.165) is 32.8 Å². The average Bonchev–Trinajstić information content (AvgIpc) is 2.33. The number of hydrogen-bond donors (Lipinski definition) is 0. The molecule has 0 bridgehead atoms. The Morgan fingerprint density at radius 2 is 2.12 bits per heavy atom. The Bertz CT molecular complexity index is 414. The van der Waals surface area contributed by atoms with Crippen molar-refractivity contribution in [1.82, 2.24) is 4.90 Å². The first-order valence-electron chi connectivity index (χ1n) is 5.76. The zero-order chi connectivity index (χ0) is 12.3. The van der Waals surface area contributed by atoms with Gasteiger partial charge in [-0.3, -0.25) is 9.69 Å². The molecule has 0 atom stereocenters. The molecule has 0 spiro atoms. The maximum absolute atomic E-state index is 11.1. The van der Waals surface area contributed by atoms with Gasteiger partial charge in [0.05, 0.1) is 13.2 Å². The Morgan fingerprint density at radius 1 is 1.41 bits per heavy atom. The molecule has 4 heteroatoms. The molecular formula is C13H16ClNO2. The Kier molecular flexibility index (Phi) is 4.15. The molecule has 1 aliphatic rings. The van der Waals surface area contributed by atoms with E-state index in [1.54, 1.807) is 6.07 Å². The van der Waals surface area contributed by atoms with Gasteiger partial charge in [-0.05, 0) is 41.8 Å². The molecule has 1 fully saturated rings. The zero-order valence-electron chi connectivity index (χ0n) is 9.91. The van der Waals surface area contributed by atoms with Crippen LogP contribution in [0.1, 0.15) is 21.5 Å². The van der Waals surface area contributed by atoms with Crippen molar-refractivity contribution in [2.45, 2.75) is 13.5 Å². The smallest absolute Gasteiger partial charge is 0.252 e. The number of nitrogens with zero attached hydrogens (tertiary/aromatic N) is 1. The molecule has 0 unspecified atom stereocenters. The topological polar surface area (TPSA) is 29.5 Å². The summed E-state index contributed by atoms with van der Waals surface area (Å²) < 4.78 is 5.31. The van der Waals surface area contributed by atoms with Gasteiger partial charge in [0.15, 0.2) is 0 Å². The average molecular weight is 254 g/mol. The molecule has 1 heterocycles. The van der Waals surface area contributed by atoms with Crippen molar-refractivity contribution in [3.63, 3.8) is 0 Å². The Balaban J connectivity index is 2.13. The number of morpholine rings is 1. The first kappa shape index (κ1) is 12.6. The van der Waals surface area contributed by atoms with Crippen molar-refractivity contribution in [2.75, 3.05) is 26.3 Å². The molecule has 0 N–H and O–H groups in total. The van der Waals surface area contributed by atoms with Crippen molar-refractivity contribution in [1.29, 1.82) is 0 Å². The number of rotatable bonds is 3. The highest BCUT2D eigenvalue weighted by Crippen LogP contribution is 2.16. The summed E-state index contributed by atoms with van der Waals surface area (Å²) in [7, 11) is 0. The van der Waals surface area contributed by atoms with Crippen molar-refractivity contribution >= 4 is 16.8 Å². The second-order valence-corrected chi connectivity index (χ2v) is 4.65. The van der Waals surface area contributed by atoms with Gasteiger partial charge in [-0.25, -0.2) is 0 Å². The van der Waals surface area contributed by atoms with E-state index in [0.29, 0.717) is 5.56 Å². The fraction of sp³-hybridized carbons (Fsp3) is 0.462. The minimum atomic E-state index is -0.395. The monoisotopic (exact) mass is 253 g/mol. The van der Waals surface area contributed by atoms with Crippen LogP contribution in [-0.4, -0.2) is 36.4 Å². The van der Waals surface area contributed by atoms with Gasteiger partial charge in [0.2, 0.25) is 0 Å². The third-order valence-corrected chi connectivity index (χ3v) is 3.29. The standard InChI is InChI=1S/C13H16ClNO2/c1-10-2-3-11(13(14)16)8-12(10)9-15-4-6-17-7-5-15/h2-3,8H,4-7,9H2,1H3. The molecule has 92 valence electrons. The molecular weight excluding hydrogens is 238 g/mol. The van der Waals surface area contributed by atoms with Crippen LogP contribution in [-0.2, 0) is 11.3 Å². The highest BCUT2D eigenvalue weighted by molar-refractivity contribution is 6.67. The minimum absolute atomic E-state index is 0.395. The number of benzene rings is 1. The van der Waals surface area contributed by atoms with Gasteiger partial charge < -0.3 is 4.74 Å². The van der Waals surface area contributed by atoms with Crippen LogP contribution >= 0.6 is 11.6 Å². The molecule has 0 radical (unpaired) electrons. The van der Waals surface area contributed by atoms with Gasteiger partial charge >= 0.3 is 0 Å². The van der Waals surface area contributed by atoms with E-state index in [1.165, 1.54) is 11.1 Å². The summed E-state index contributed by atoms with van der Waals surface area (Å²) in [6.07, 6.45) is 0. The molecule has 0 saturated carbocycles. The Hall–Kier alpha value is -0.900. The molecule has 1 aromatic rings. The van der Waals surface area contributed by atoms with Crippen molar-refractivity contribution in [2.24, 2.45) is 0 Å². The van der Waals surface area contributed by atoms with Crippen LogP contribution in [0.4, 0.5) is 0 Å². The largest absolute Gasteiger partial charge is 0.379 e. The van der Waals surface area contributed by atoms with E-state index in [1.807, 2.05) is 12.1 Å². The van der Waals surface area contributed by atoms with Crippen LogP contribution in [0.5, 0.6) is 0 Å². The van der Waals surface area contributed by atoms with Gasteiger partial charge in [-0.15, -0.1) is 0 Å². The predicted octanol–water partition coefficient (Wildman–Crippen LogP) is 2.21. The van der Waals surface area contributed by atoms with Crippen molar-refractivity contribution in [3.8, 4) is 0 Å². The Labute approximate surface area is 106 Å². The number of aryl methyl sites for hydroxylation is 1. The van der Waals surface area contributed by atoms with Crippen LogP contribution in [0.3, 0.4) is 0 Å². The molecule has 0 amide bonds. The summed E-state index contributed by atoms with van der Waals surface area (Å²) in [4.78, 5) is 13.5. The summed E-state index contributed by atoms with van der Waals surface area (Å²) in [6.45, 7) is 6.36. The van der Waals surface area contributed by atoms with Gasteiger partial charge in [-0.2, -0.15) is 0 Å². The lowest BCUT2D eigenvalue weighted by Crippen LogP contribution is -2.35. The molecule has 0 aliphatic carbocycles. The van der Waals surface area contributed by atoms with E-state index < -0.39 is 5.24 Å². The van der Waals surface area contributed by atoms with E-state index in [-0.39, 0.29) is 0 Å². The third kappa shape index (κ3) is 3.28. The first-order valence-corrected chi connectivity index (χ1v) is 6.14. The van der Waals surface area contributed by atoms with E-state index in [9.17, 15) is 4.79 Å². The maximum Gasteiger partial charge on any atom is 0.252 e. The highest BCUT2D eigenvalue weighted by Gasteiger charge is 2.13. The molecule has 2 rings (SSSR count). The third-order valence-electron chi connectivity index (χ3n) is 3.07. The van der Waals surface area contributed by atoms with Crippen LogP contribution in [0.15, 0.2) is 18.2 Å². The van der Waals surface area contributed by atoms with Crippen LogP contribution in [0.2, 0.25) is 0 Å². The highest BCUT2D eigenvalue weighted by atomic mass is 35.5. The quantitative estimate of drug-likeness (QED) is 0.774. The lowest BCUT2D eigenvalue weighted by molar-refractivity contribution is 0.0341. The SMILES string of the molecule is Cc1ccc(C(=O)Cl)cc1CN1CCOCC1. The fourth-order valence-corrected chi connectivity index (χ4v) is 2.08. The van der Waals surface area contributed by atoms with E-state index in [2.05, 4.69) is 11.8 Å². The number of carbonyl (C=O) groups excluding carboxylic acids is 1. The van der Waals surface area contributed by atoms with E-state index >= 15 is 0 Å². The summed E-state index contributed by atoms with van der Waals surface area (Å²) in [5.41, 5.74) is 2.93. The first-order chi connectivity index (χ1) is 8.16. The minimum Gasteiger partial charge on any atom is -0.379 e. The lowest BCUT2D eigenvalue weighted by Gasteiger charge is -2.27. The molecule has 1 aliphatic heterocycles. The Morgan fingerprint density at radius 3 is 2.76 bits per heavy atom. The summed E-state index contributed by atoms with van der Waals surface area (Å²) in [6, 6.07) is 5.61. The van der Waals surface area contributed by atoms with Gasteiger partial charge in [0.25, 0.3) is 5.24 Å². The number of ether oxygens (including phenoxy) is 1. The van der Waals surface area contributed by atoms with E-state index in [4.69, 9.17) is 16.3 Å². The van der Waals surface area contributed by atoms with Gasteiger partial charge in [0.1, 0.15) is 0 Å². The number of halogens is 1. The molecule has 3 nitrogen and oxygen atoms in total. The molecule has 1 aromatic carbocycles. The van der Waals surface area contributed by atoms with Crippen molar-refractivity contribution in [3.05, 3.63) is 34.9 Å². The second-order valence-electron chi connectivity index (χ2n) is 4.30. The lowest BCUT2D eigenvalue weighted by atomic mass is 10.0. The number of carbonyl (C=O) groups is 1. The number of hydrogen-bond acceptors (Lipinski definition) is 3. The van der Waals surface area contributed by atoms with Crippen molar-refractivity contribution < 1.29 is 9.53 Å². The summed E-state index contributed by atoms with van der Waals surface area (Å²) in [5.74, 6) is 0. The van der Waals surface area contributed by atoms with Gasteiger partial charge in [-0.1, -0.05) is 6.07 Å². The van der Waals surface area contributed by atoms with Gasteiger partial charge in [0, 0.05) is 25.2 Å². The second kappa shape index (κ2) is 5.63. The summed E-state index contributed by atoms with van der Waals surface area (Å²) in [5, 5.41) is -0.395. The van der Waals surface area contributed by atoms with Crippen LogP contribution in [0.25, 0.3) is 0 Å². The van der Waals surface area contributed by atoms with Crippen LogP contribution < -0.4 is 0 Å². The molecule has 1 saturated heterocycles. The molecule has 17 heavy (non-hydrogen) atoms. The maximum atomic E-state index is 11.1.